The molecule has 3 atom stereocenters. The van der Waals surface area contributed by atoms with E-state index >= 15 is 0 Å². The first kappa shape index (κ1) is 11.9. The number of carbonyl (C=O) groups is 1. The van der Waals surface area contributed by atoms with E-state index in [0.717, 1.165) is 19.3 Å². The Morgan fingerprint density at radius 1 is 1.44 bits per heavy atom. The highest BCUT2D eigenvalue weighted by atomic mass is 16.5. The van der Waals surface area contributed by atoms with E-state index in [1.165, 1.54) is 0 Å². The van der Waals surface area contributed by atoms with E-state index in [1.807, 2.05) is 0 Å². The Bertz CT molecular complexity index is 268. The highest BCUT2D eigenvalue weighted by molar-refractivity contribution is 5.81. The van der Waals surface area contributed by atoms with Crippen LogP contribution in [0.1, 0.15) is 33.1 Å². The summed E-state index contributed by atoms with van der Waals surface area (Å²) in [6.07, 6.45) is 3.71. The predicted molar refractivity (Wildman–Crippen MR) is 61.9 cm³/mol. The summed E-state index contributed by atoms with van der Waals surface area (Å²) in [5.41, 5.74) is 0. The first-order chi connectivity index (χ1) is 7.63. The SMILES string of the molecule is COC1CCC(N2C(=O)CNC2C(C)C)C1. The highest BCUT2D eigenvalue weighted by Gasteiger charge is 2.40. The van der Waals surface area contributed by atoms with Crippen LogP contribution in [0.3, 0.4) is 0 Å². The normalized spacial score (nSPS) is 35.4. The van der Waals surface area contributed by atoms with Crippen molar-refractivity contribution in [3.63, 3.8) is 0 Å². The lowest BCUT2D eigenvalue weighted by Gasteiger charge is -2.32. The molecule has 1 aliphatic carbocycles. The van der Waals surface area contributed by atoms with Crippen LogP contribution in [-0.2, 0) is 9.53 Å². The fourth-order valence-corrected chi connectivity index (χ4v) is 2.91. The second kappa shape index (κ2) is 4.72. The van der Waals surface area contributed by atoms with E-state index in [4.69, 9.17) is 4.74 Å². The van der Waals surface area contributed by atoms with Gasteiger partial charge in [-0.2, -0.15) is 0 Å². The van der Waals surface area contributed by atoms with Crippen LogP contribution >= 0.6 is 0 Å². The molecule has 0 aromatic carbocycles. The summed E-state index contributed by atoms with van der Waals surface area (Å²) in [7, 11) is 1.76. The van der Waals surface area contributed by atoms with E-state index in [1.54, 1.807) is 7.11 Å². The first-order valence-corrected chi connectivity index (χ1v) is 6.20. The lowest BCUT2D eigenvalue weighted by atomic mass is 10.1. The van der Waals surface area contributed by atoms with E-state index in [2.05, 4.69) is 24.1 Å². The van der Waals surface area contributed by atoms with Gasteiger partial charge < -0.3 is 9.64 Å². The molecule has 4 heteroatoms. The summed E-state index contributed by atoms with van der Waals surface area (Å²) in [5.74, 6) is 0.716. The Morgan fingerprint density at radius 3 is 2.75 bits per heavy atom. The molecule has 2 aliphatic rings. The minimum absolute atomic E-state index is 0.216. The van der Waals surface area contributed by atoms with Gasteiger partial charge in [0.25, 0.3) is 0 Å². The molecule has 0 spiro atoms. The van der Waals surface area contributed by atoms with Crippen LogP contribution in [0.25, 0.3) is 0 Å². The quantitative estimate of drug-likeness (QED) is 0.779. The summed E-state index contributed by atoms with van der Waals surface area (Å²) in [6.45, 7) is 4.81. The molecule has 1 N–H and O–H groups in total. The van der Waals surface area contributed by atoms with Crippen molar-refractivity contribution in [1.82, 2.24) is 10.2 Å². The van der Waals surface area contributed by atoms with Crippen LogP contribution in [0.5, 0.6) is 0 Å². The van der Waals surface area contributed by atoms with Gasteiger partial charge in [0.1, 0.15) is 0 Å². The molecule has 1 amide bonds. The topological polar surface area (TPSA) is 41.6 Å². The van der Waals surface area contributed by atoms with Gasteiger partial charge in [-0.05, 0) is 25.2 Å². The number of nitrogens with one attached hydrogen (secondary N) is 1. The van der Waals surface area contributed by atoms with Crippen molar-refractivity contribution >= 4 is 5.91 Å². The number of carbonyl (C=O) groups excluding carboxylic acids is 1. The van der Waals surface area contributed by atoms with Crippen molar-refractivity contribution in [2.75, 3.05) is 13.7 Å². The Kier molecular flexibility index (Phi) is 3.50. The van der Waals surface area contributed by atoms with E-state index in [0.29, 0.717) is 24.6 Å². The van der Waals surface area contributed by atoms with Gasteiger partial charge in [0.2, 0.25) is 5.91 Å². The lowest BCUT2D eigenvalue weighted by molar-refractivity contribution is -0.131. The number of methoxy groups -OCH3 is 1. The van der Waals surface area contributed by atoms with Gasteiger partial charge in [0, 0.05) is 13.2 Å². The smallest absolute Gasteiger partial charge is 0.238 e. The monoisotopic (exact) mass is 226 g/mol. The molecular weight excluding hydrogens is 204 g/mol. The molecular formula is C12H22N2O2. The van der Waals surface area contributed by atoms with Gasteiger partial charge in [-0.15, -0.1) is 0 Å². The van der Waals surface area contributed by atoms with Crippen molar-refractivity contribution in [2.24, 2.45) is 5.92 Å². The van der Waals surface area contributed by atoms with Gasteiger partial charge in [-0.3, -0.25) is 10.1 Å². The third-order valence-electron chi connectivity index (χ3n) is 3.77. The highest BCUT2D eigenvalue weighted by Crippen LogP contribution is 2.30. The molecule has 1 saturated carbocycles. The molecule has 1 heterocycles. The molecule has 1 saturated heterocycles. The third-order valence-corrected chi connectivity index (χ3v) is 3.77. The summed E-state index contributed by atoms with van der Waals surface area (Å²) >= 11 is 0. The van der Waals surface area contributed by atoms with E-state index in [9.17, 15) is 4.79 Å². The van der Waals surface area contributed by atoms with Crippen LogP contribution in [0.4, 0.5) is 0 Å². The first-order valence-electron chi connectivity index (χ1n) is 6.20. The van der Waals surface area contributed by atoms with Crippen LogP contribution in [-0.4, -0.2) is 42.8 Å². The number of hydrogen-bond donors (Lipinski definition) is 1. The maximum Gasteiger partial charge on any atom is 0.238 e. The average Bonchev–Trinajstić information content (AvgIpc) is 2.83. The molecule has 0 aromatic heterocycles. The Morgan fingerprint density at radius 2 is 2.19 bits per heavy atom. The maximum atomic E-state index is 11.9. The molecule has 4 nitrogen and oxygen atoms in total. The minimum atomic E-state index is 0.216. The molecule has 2 rings (SSSR count). The molecule has 3 unspecified atom stereocenters. The molecule has 1 aliphatic heterocycles. The zero-order valence-corrected chi connectivity index (χ0v) is 10.4. The number of amides is 1. The summed E-state index contributed by atoms with van der Waals surface area (Å²) in [6, 6.07) is 0.375. The molecule has 0 bridgehead atoms. The number of hydrogen-bond acceptors (Lipinski definition) is 3. The Balaban J connectivity index is 2.04. The van der Waals surface area contributed by atoms with Gasteiger partial charge in [0.15, 0.2) is 0 Å². The predicted octanol–water partition coefficient (Wildman–Crippen LogP) is 0.968. The van der Waals surface area contributed by atoms with Gasteiger partial charge in [-0.25, -0.2) is 0 Å². The van der Waals surface area contributed by atoms with Crippen LogP contribution < -0.4 is 5.32 Å². The second-order valence-electron chi connectivity index (χ2n) is 5.20. The fraction of sp³-hybridized carbons (Fsp3) is 0.917. The van der Waals surface area contributed by atoms with Gasteiger partial charge >= 0.3 is 0 Å². The van der Waals surface area contributed by atoms with Gasteiger partial charge in [-0.1, -0.05) is 13.8 Å². The number of rotatable bonds is 3. The largest absolute Gasteiger partial charge is 0.381 e. The average molecular weight is 226 g/mol. The van der Waals surface area contributed by atoms with Crippen molar-refractivity contribution in [2.45, 2.75) is 51.4 Å². The molecule has 0 aromatic rings. The lowest BCUT2D eigenvalue weighted by Crippen LogP contribution is -2.46. The van der Waals surface area contributed by atoms with Crippen LogP contribution in [0, 0.1) is 5.92 Å². The summed E-state index contributed by atoms with van der Waals surface area (Å²) in [4.78, 5) is 14.0. The zero-order chi connectivity index (χ0) is 11.7. The summed E-state index contributed by atoms with van der Waals surface area (Å²) < 4.78 is 5.37. The van der Waals surface area contributed by atoms with E-state index in [-0.39, 0.29) is 12.1 Å². The third kappa shape index (κ3) is 2.09. The molecule has 0 radical (unpaired) electrons. The van der Waals surface area contributed by atoms with Gasteiger partial charge in [0.05, 0.1) is 18.8 Å². The van der Waals surface area contributed by atoms with Crippen molar-refractivity contribution in [3.05, 3.63) is 0 Å². The summed E-state index contributed by atoms with van der Waals surface area (Å²) in [5, 5.41) is 3.30. The molecule has 92 valence electrons. The van der Waals surface area contributed by atoms with Crippen molar-refractivity contribution in [3.8, 4) is 0 Å². The van der Waals surface area contributed by atoms with Crippen LogP contribution in [0.2, 0.25) is 0 Å². The minimum Gasteiger partial charge on any atom is -0.381 e. The van der Waals surface area contributed by atoms with Crippen molar-refractivity contribution in [1.29, 1.82) is 0 Å². The standard InChI is InChI=1S/C12H22N2O2/c1-8(2)12-13-7-11(15)14(12)9-4-5-10(6-9)16-3/h8-10,12-13H,4-7H2,1-3H3. The number of ether oxygens (including phenoxy) is 1. The number of nitrogens with zero attached hydrogens (tertiary/aromatic N) is 1. The van der Waals surface area contributed by atoms with E-state index < -0.39 is 0 Å². The Hall–Kier alpha value is -0.610. The molecule has 16 heavy (non-hydrogen) atoms. The zero-order valence-electron chi connectivity index (χ0n) is 10.4. The van der Waals surface area contributed by atoms with Crippen molar-refractivity contribution < 1.29 is 9.53 Å². The Labute approximate surface area is 97.3 Å². The second-order valence-corrected chi connectivity index (χ2v) is 5.20. The molecule has 2 fully saturated rings. The maximum absolute atomic E-state index is 11.9. The van der Waals surface area contributed by atoms with Crippen LogP contribution in [0.15, 0.2) is 0 Å². The fourth-order valence-electron chi connectivity index (χ4n) is 2.91.